The number of rotatable bonds is 16. The Morgan fingerprint density at radius 2 is 1.21 bits per heavy atom. The zero-order valence-corrected chi connectivity index (χ0v) is 21.9. The highest BCUT2D eigenvalue weighted by molar-refractivity contribution is 7.46. The van der Waals surface area contributed by atoms with Crippen LogP contribution in [0.5, 0.6) is 0 Å². The molecule has 3 N–H and O–H groups in total. The van der Waals surface area contributed by atoms with Gasteiger partial charge >= 0.3 is 7.82 Å². The molecule has 5 nitrogen and oxygen atoms in total. The van der Waals surface area contributed by atoms with Crippen molar-refractivity contribution in [2.75, 3.05) is 0 Å². The van der Waals surface area contributed by atoms with E-state index in [2.05, 4.69) is 44.2 Å². The van der Waals surface area contributed by atoms with Crippen molar-refractivity contribution in [2.24, 2.45) is 0 Å². The second kappa shape index (κ2) is 13.6. The van der Waals surface area contributed by atoms with Crippen molar-refractivity contribution >= 4 is 7.82 Å². The van der Waals surface area contributed by atoms with Crippen molar-refractivity contribution in [3.63, 3.8) is 0 Å². The molecule has 0 fully saturated rings. The molecule has 2 rings (SSSR count). The number of phosphoric acid groups is 1. The monoisotopic (exact) mass is 490 g/mol. The molecular weight excluding hydrogens is 447 g/mol. The molecule has 0 bridgehead atoms. The van der Waals surface area contributed by atoms with Gasteiger partial charge in [-0.3, -0.25) is 4.52 Å². The van der Waals surface area contributed by atoms with E-state index in [0.29, 0.717) is 6.42 Å². The molecule has 0 amide bonds. The van der Waals surface area contributed by atoms with E-state index < -0.39 is 13.4 Å². The van der Waals surface area contributed by atoms with Crippen molar-refractivity contribution in [3.8, 4) is 0 Å². The largest absolute Gasteiger partial charge is 0.470 e. The SMILES string of the molecule is CC(C)(CCCCCC(O)CCCCCC(C)(OP(=O)(O)O)c1ccccc1)c1ccccc1. The fourth-order valence-electron chi connectivity index (χ4n) is 4.62. The molecule has 6 heteroatoms. The first-order chi connectivity index (χ1) is 16.0. The van der Waals surface area contributed by atoms with E-state index in [1.165, 1.54) is 5.56 Å². The summed E-state index contributed by atoms with van der Waals surface area (Å²) in [6, 6.07) is 19.9. The zero-order chi connectivity index (χ0) is 25.1. The van der Waals surface area contributed by atoms with E-state index in [1.807, 2.05) is 30.3 Å². The minimum atomic E-state index is -4.61. The summed E-state index contributed by atoms with van der Waals surface area (Å²) >= 11 is 0. The molecule has 0 saturated carbocycles. The molecule has 0 aromatic heterocycles. The minimum absolute atomic E-state index is 0.178. The standard InChI is InChI=1S/C28H43O5P/c1-27(2,24-16-8-4-9-17-24)22-14-6-12-20-26(29)21-13-7-15-23-28(3,33-34(30,31)32)25-18-10-5-11-19-25/h4-5,8-11,16-19,26,29H,6-7,12-15,20-23H2,1-3H3,(H2,30,31,32). The number of aliphatic hydroxyl groups excluding tert-OH is 1. The molecule has 0 aliphatic carbocycles. The lowest BCUT2D eigenvalue weighted by Crippen LogP contribution is -2.24. The third-order valence-electron chi connectivity index (χ3n) is 6.79. The van der Waals surface area contributed by atoms with E-state index in [4.69, 9.17) is 4.52 Å². The fraction of sp³-hybridized carbons (Fsp3) is 0.571. The van der Waals surface area contributed by atoms with Crippen molar-refractivity contribution in [1.29, 1.82) is 0 Å². The fourth-order valence-corrected chi connectivity index (χ4v) is 5.34. The van der Waals surface area contributed by atoms with Crippen LogP contribution < -0.4 is 0 Å². The highest BCUT2D eigenvalue weighted by atomic mass is 31.2. The molecule has 0 spiro atoms. The van der Waals surface area contributed by atoms with Gasteiger partial charge in [0.05, 0.1) is 6.10 Å². The highest BCUT2D eigenvalue weighted by Crippen LogP contribution is 2.47. The van der Waals surface area contributed by atoms with Crippen LogP contribution in [0, 0.1) is 0 Å². The summed E-state index contributed by atoms with van der Waals surface area (Å²) in [5, 5.41) is 10.3. The van der Waals surface area contributed by atoms with Crippen molar-refractivity contribution in [1.82, 2.24) is 0 Å². The van der Waals surface area contributed by atoms with Gasteiger partial charge in [-0.1, -0.05) is 113 Å². The number of aliphatic hydroxyl groups is 1. The zero-order valence-electron chi connectivity index (χ0n) is 21.0. The van der Waals surface area contributed by atoms with E-state index in [9.17, 15) is 19.5 Å². The molecular formula is C28H43O5P. The van der Waals surface area contributed by atoms with Crippen LogP contribution in [-0.2, 0) is 20.1 Å². The van der Waals surface area contributed by atoms with Gasteiger partial charge in [-0.05, 0) is 49.1 Å². The van der Waals surface area contributed by atoms with Gasteiger partial charge in [-0.2, -0.15) is 0 Å². The predicted octanol–water partition coefficient (Wildman–Crippen LogP) is 7.25. The quantitative estimate of drug-likeness (QED) is 0.170. The first-order valence-corrected chi connectivity index (χ1v) is 14.1. The Morgan fingerprint density at radius 3 is 1.71 bits per heavy atom. The van der Waals surface area contributed by atoms with Gasteiger partial charge < -0.3 is 14.9 Å². The summed E-state index contributed by atoms with van der Waals surface area (Å²) < 4.78 is 16.7. The lowest BCUT2D eigenvalue weighted by molar-refractivity contribution is 0.0365. The molecule has 190 valence electrons. The van der Waals surface area contributed by atoms with E-state index >= 15 is 0 Å². The van der Waals surface area contributed by atoms with Crippen LogP contribution in [0.25, 0.3) is 0 Å². The Morgan fingerprint density at radius 1 is 0.735 bits per heavy atom. The van der Waals surface area contributed by atoms with E-state index in [1.54, 1.807) is 6.92 Å². The third-order valence-corrected chi connectivity index (χ3v) is 7.43. The van der Waals surface area contributed by atoms with Gasteiger partial charge in [0, 0.05) is 0 Å². The summed E-state index contributed by atoms with van der Waals surface area (Å²) in [5.41, 5.74) is 1.28. The van der Waals surface area contributed by atoms with Gasteiger partial charge in [0.2, 0.25) is 0 Å². The van der Waals surface area contributed by atoms with Gasteiger partial charge in [-0.15, -0.1) is 0 Å². The Bertz CT molecular complexity index is 865. The molecule has 2 aromatic rings. The molecule has 0 radical (unpaired) electrons. The Labute approximate surface area is 205 Å². The average Bonchev–Trinajstić information content (AvgIpc) is 2.78. The predicted molar refractivity (Wildman–Crippen MR) is 139 cm³/mol. The Kier molecular flexibility index (Phi) is 11.5. The van der Waals surface area contributed by atoms with Crippen LogP contribution in [-0.4, -0.2) is 21.0 Å². The summed E-state index contributed by atoms with van der Waals surface area (Å²) in [4.78, 5) is 18.7. The second-order valence-electron chi connectivity index (χ2n) is 10.3. The van der Waals surface area contributed by atoms with Gasteiger partial charge in [0.1, 0.15) is 5.60 Å². The molecule has 2 aromatic carbocycles. The van der Waals surface area contributed by atoms with E-state index in [-0.39, 0.29) is 11.5 Å². The third kappa shape index (κ3) is 10.4. The van der Waals surface area contributed by atoms with Gasteiger partial charge in [0.15, 0.2) is 0 Å². The maximum atomic E-state index is 11.5. The number of benzene rings is 2. The Balaban J connectivity index is 1.63. The summed E-state index contributed by atoms with van der Waals surface area (Å²) in [7, 11) is -4.61. The lowest BCUT2D eigenvalue weighted by atomic mass is 9.80. The first kappa shape index (κ1) is 28.7. The van der Waals surface area contributed by atoms with E-state index in [0.717, 1.165) is 63.4 Å². The van der Waals surface area contributed by atoms with Crippen LogP contribution in [0.3, 0.4) is 0 Å². The number of phosphoric ester groups is 1. The molecule has 0 aliphatic rings. The first-order valence-electron chi connectivity index (χ1n) is 12.6. The number of unbranched alkanes of at least 4 members (excludes halogenated alkanes) is 4. The summed E-state index contributed by atoms with van der Waals surface area (Å²) in [5.74, 6) is 0. The van der Waals surface area contributed by atoms with Crippen molar-refractivity contribution < 1.29 is 24.0 Å². The van der Waals surface area contributed by atoms with Crippen LogP contribution in [0.15, 0.2) is 60.7 Å². The summed E-state index contributed by atoms with van der Waals surface area (Å²) in [6.07, 6.45) is 8.83. The maximum absolute atomic E-state index is 11.5. The summed E-state index contributed by atoms with van der Waals surface area (Å²) in [6.45, 7) is 6.32. The smallest absolute Gasteiger partial charge is 0.393 e. The second-order valence-corrected chi connectivity index (χ2v) is 11.4. The van der Waals surface area contributed by atoms with Gasteiger partial charge in [0.25, 0.3) is 0 Å². The van der Waals surface area contributed by atoms with Crippen LogP contribution in [0.2, 0.25) is 0 Å². The number of hydrogen-bond donors (Lipinski definition) is 3. The Hall–Kier alpha value is -1.49. The van der Waals surface area contributed by atoms with Crippen molar-refractivity contribution in [2.45, 2.75) is 102 Å². The average molecular weight is 491 g/mol. The molecule has 0 saturated heterocycles. The number of hydrogen-bond acceptors (Lipinski definition) is 3. The maximum Gasteiger partial charge on any atom is 0.470 e. The molecule has 34 heavy (non-hydrogen) atoms. The topological polar surface area (TPSA) is 87.0 Å². The highest BCUT2D eigenvalue weighted by Gasteiger charge is 2.34. The molecule has 2 atom stereocenters. The normalized spacial score (nSPS) is 15.1. The molecule has 0 aliphatic heterocycles. The lowest BCUT2D eigenvalue weighted by Gasteiger charge is -2.30. The molecule has 0 heterocycles. The van der Waals surface area contributed by atoms with Crippen LogP contribution >= 0.6 is 7.82 Å². The van der Waals surface area contributed by atoms with Crippen LogP contribution in [0.4, 0.5) is 0 Å². The molecule has 2 unspecified atom stereocenters. The van der Waals surface area contributed by atoms with Crippen molar-refractivity contribution in [3.05, 3.63) is 71.8 Å². The minimum Gasteiger partial charge on any atom is -0.393 e. The van der Waals surface area contributed by atoms with Gasteiger partial charge in [-0.25, -0.2) is 4.57 Å². The van der Waals surface area contributed by atoms with Crippen LogP contribution in [0.1, 0.15) is 96.1 Å².